The molecule has 6 heteroatoms. The number of nitrogens with zero attached hydrogens (tertiary/aromatic N) is 2. The summed E-state index contributed by atoms with van der Waals surface area (Å²) in [5.74, 6) is 0. The molecule has 18 heavy (non-hydrogen) atoms. The van der Waals surface area contributed by atoms with Gasteiger partial charge in [-0.1, -0.05) is 6.07 Å². The Hall–Kier alpha value is -1.82. The third-order valence-corrected chi connectivity index (χ3v) is 2.70. The van der Waals surface area contributed by atoms with Gasteiger partial charge in [-0.25, -0.2) is 4.68 Å². The summed E-state index contributed by atoms with van der Waals surface area (Å²) in [6.07, 6.45) is -2.94. The first-order valence-corrected chi connectivity index (χ1v) is 5.25. The van der Waals surface area contributed by atoms with Crippen molar-refractivity contribution in [3.8, 4) is 5.69 Å². The minimum absolute atomic E-state index is 0.190. The van der Waals surface area contributed by atoms with Crippen LogP contribution in [-0.4, -0.2) is 14.9 Å². The topological polar surface area (TPSA) is 38.1 Å². The second kappa shape index (κ2) is 4.45. The molecule has 3 nitrogen and oxygen atoms in total. The fourth-order valence-corrected chi connectivity index (χ4v) is 1.67. The fourth-order valence-electron chi connectivity index (χ4n) is 1.67. The highest BCUT2D eigenvalue weighted by molar-refractivity contribution is 5.38. The lowest BCUT2D eigenvalue weighted by Gasteiger charge is -2.10. The number of alkyl halides is 3. The van der Waals surface area contributed by atoms with Crippen molar-refractivity contribution in [2.24, 2.45) is 0 Å². The number of aliphatic hydroxyl groups is 1. The van der Waals surface area contributed by atoms with Gasteiger partial charge in [-0.3, -0.25) is 0 Å². The summed E-state index contributed by atoms with van der Waals surface area (Å²) in [6.45, 7) is 1.50. The molecule has 1 aromatic carbocycles. The van der Waals surface area contributed by atoms with Crippen LogP contribution in [0.15, 0.2) is 30.5 Å². The normalized spacial score (nSPS) is 11.8. The summed E-state index contributed by atoms with van der Waals surface area (Å²) in [5, 5.41) is 13.0. The van der Waals surface area contributed by atoms with Crippen molar-refractivity contribution in [2.45, 2.75) is 19.7 Å². The summed E-state index contributed by atoms with van der Waals surface area (Å²) in [4.78, 5) is 0. The van der Waals surface area contributed by atoms with Gasteiger partial charge in [0.15, 0.2) is 0 Å². The average molecular weight is 256 g/mol. The van der Waals surface area contributed by atoms with E-state index in [1.807, 2.05) is 0 Å². The van der Waals surface area contributed by atoms with E-state index in [0.717, 1.165) is 12.1 Å². The van der Waals surface area contributed by atoms with Crippen molar-refractivity contribution < 1.29 is 18.3 Å². The fraction of sp³-hybridized carbons (Fsp3) is 0.250. The van der Waals surface area contributed by atoms with Crippen molar-refractivity contribution in [3.05, 3.63) is 47.3 Å². The van der Waals surface area contributed by atoms with Gasteiger partial charge >= 0.3 is 6.18 Å². The molecule has 0 saturated heterocycles. The molecule has 0 atom stereocenters. The second-order valence-corrected chi connectivity index (χ2v) is 3.87. The maximum absolute atomic E-state index is 12.6. The van der Waals surface area contributed by atoms with Gasteiger partial charge in [-0.05, 0) is 25.1 Å². The molecule has 2 rings (SSSR count). The Morgan fingerprint density at radius 3 is 2.61 bits per heavy atom. The van der Waals surface area contributed by atoms with Crippen LogP contribution in [0.4, 0.5) is 13.2 Å². The zero-order valence-electron chi connectivity index (χ0n) is 9.57. The van der Waals surface area contributed by atoms with E-state index < -0.39 is 11.7 Å². The van der Waals surface area contributed by atoms with Gasteiger partial charge in [-0.2, -0.15) is 18.3 Å². The zero-order chi connectivity index (χ0) is 13.3. The van der Waals surface area contributed by atoms with Crippen LogP contribution in [0.2, 0.25) is 0 Å². The molecule has 1 N–H and O–H groups in total. The van der Waals surface area contributed by atoms with Gasteiger partial charge in [0.05, 0.1) is 24.1 Å². The maximum Gasteiger partial charge on any atom is 0.416 e. The zero-order valence-corrected chi connectivity index (χ0v) is 9.57. The van der Waals surface area contributed by atoms with Crippen LogP contribution >= 0.6 is 0 Å². The van der Waals surface area contributed by atoms with Crippen LogP contribution in [-0.2, 0) is 12.8 Å². The lowest BCUT2D eigenvalue weighted by molar-refractivity contribution is -0.137. The van der Waals surface area contributed by atoms with E-state index in [-0.39, 0.29) is 6.61 Å². The molecule has 1 aromatic heterocycles. The standard InChI is InChI=1S/C12H11F3N2O/c1-8-9(7-18)6-16-17(8)11-4-2-3-10(5-11)12(13,14)15/h2-6,18H,7H2,1H3. The average Bonchev–Trinajstić information content (AvgIpc) is 2.69. The van der Waals surface area contributed by atoms with E-state index in [2.05, 4.69) is 5.10 Å². The highest BCUT2D eigenvalue weighted by Crippen LogP contribution is 2.30. The Kier molecular flexibility index (Phi) is 3.13. The molecule has 2 aromatic rings. The summed E-state index contributed by atoms with van der Waals surface area (Å²) in [6, 6.07) is 4.91. The van der Waals surface area contributed by atoms with E-state index in [0.29, 0.717) is 16.9 Å². The van der Waals surface area contributed by atoms with Crippen molar-refractivity contribution in [2.75, 3.05) is 0 Å². The SMILES string of the molecule is Cc1c(CO)cnn1-c1cccc(C(F)(F)F)c1. The smallest absolute Gasteiger partial charge is 0.392 e. The first kappa shape index (κ1) is 12.6. The van der Waals surface area contributed by atoms with Crippen molar-refractivity contribution in [3.63, 3.8) is 0 Å². The molecule has 0 spiro atoms. The molecule has 0 unspecified atom stereocenters. The molecule has 1 heterocycles. The van der Waals surface area contributed by atoms with Gasteiger partial charge in [0, 0.05) is 11.3 Å². The molecular formula is C12H11F3N2O. The van der Waals surface area contributed by atoms with Crippen LogP contribution in [0.1, 0.15) is 16.8 Å². The second-order valence-electron chi connectivity index (χ2n) is 3.87. The Morgan fingerprint density at radius 1 is 1.33 bits per heavy atom. The number of benzene rings is 1. The molecule has 96 valence electrons. The first-order valence-electron chi connectivity index (χ1n) is 5.25. The first-order chi connectivity index (χ1) is 8.43. The molecule has 0 aliphatic carbocycles. The predicted molar refractivity (Wildman–Crippen MR) is 59.2 cm³/mol. The van der Waals surface area contributed by atoms with Crippen molar-refractivity contribution in [1.82, 2.24) is 9.78 Å². The van der Waals surface area contributed by atoms with Crippen LogP contribution in [0, 0.1) is 6.92 Å². The number of aromatic nitrogens is 2. The van der Waals surface area contributed by atoms with Gasteiger partial charge in [-0.15, -0.1) is 0 Å². The summed E-state index contributed by atoms with van der Waals surface area (Å²) >= 11 is 0. The minimum atomic E-state index is -4.38. The lowest BCUT2D eigenvalue weighted by atomic mass is 10.2. The van der Waals surface area contributed by atoms with Crippen LogP contribution in [0.3, 0.4) is 0 Å². The van der Waals surface area contributed by atoms with Crippen LogP contribution in [0.25, 0.3) is 5.69 Å². The predicted octanol–water partition coefficient (Wildman–Crippen LogP) is 2.69. The summed E-state index contributed by atoms with van der Waals surface area (Å²) < 4.78 is 39.1. The maximum atomic E-state index is 12.6. The molecule has 0 saturated carbocycles. The van der Waals surface area contributed by atoms with Crippen LogP contribution < -0.4 is 0 Å². The van der Waals surface area contributed by atoms with E-state index in [4.69, 9.17) is 5.11 Å². The highest BCUT2D eigenvalue weighted by Gasteiger charge is 2.30. The number of rotatable bonds is 2. The Labute approximate surface area is 101 Å². The molecule has 0 fully saturated rings. The van der Waals surface area contributed by atoms with Crippen molar-refractivity contribution >= 4 is 0 Å². The molecule has 0 aliphatic heterocycles. The molecular weight excluding hydrogens is 245 g/mol. The number of halogens is 3. The minimum Gasteiger partial charge on any atom is -0.392 e. The molecule has 0 radical (unpaired) electrons. The van der Waals surface area contributed by atoms with Crippen molar-refractivity contribution in [1.29, 1.82) is 0 Å². The van der Waals surface area contributed by atoms with E-state index >= 15 is 0 Å². The van der Waals surface area contributed by atoms with Gasteiger partial charge in [0.2, 0.25) is 0 Å². The third kappa shape index (κ3) is 2.24. The van der Waals surface area contributed by atoms with Gasteiger partial charge < -0.3 is 5.11 Å². The van der Waals surface area contributed by atoms with Crippen LogP contribution in [0.5, 0.6) is 0 Å². The number of hydrogen-bond donors (Lipinski definition) is 1. The largest absolute Gasteiger partial charge is 0.416 e. The Bertz CT molecular complexity index is 561. The lowest BCUT2D eigenvalue weighted by Crippen LogP contribution is -2.07. The Balaban J connectivity index is 2.48. The monoisotopic (exact) mass is 256 g/mol. The Morgan fingerprint density at radius 2 is 2.06 bits per heavy atom. The van der Waals surface area contributed by atoms with Gasteiger partial charge in [0.25, 0.3) is 0 Å². The molecule has 0 amide bonds. The number of aliphatic hydroxyl groups excluding tert-OH is 1. The van der Waals surface area contributed by atoms with E-state index in [1.165, 1.54) is 23.0 Å². The van der Waals surface area contributed by atoms with E-state index in [9.17, 15) is 13.2 Å². The van der Waals surface area contributed by atoms with Gasteiger partial charge in [0.1, 0.15) is 0 Å². The third-order valence-electron chi connectivity index (χ3n) is 2.70. The summed E-state index contributed by atoms with van der Waals surface area (Å²) in [7, 11) is 0. The quantitative estimate of drug-likeness (QED) is 0.897. The molecule has 0 aliphatic rings. The number of hydrogen-bond acceptors (Lipinski definition) is 2. The van der Waals surface area contributed by atoms with E-state index in [1.54, 1.807) is 6.92 Å². The molecule has 0 bridgehead atoms. The summed E-state index contributed by atoms with van der Waals surface area (Å²) in [5.41, 5.74) is 0.812. The highest BCUT2D eigenvalue weighted by atomic mass is 19.4.